The number of anilines is 2. The molecule has 2 aromatic carbocycles. The van der Waals surface area contributed by atoms with Gasteiger partial charge in [0.05, 0.1) is 21.9 Å². The monoisotopic (exact) mass is 390 g/mol. The molecular formula is C19H21BClFN2O3. The van der Waals surface area contributed by atoms with Gasteiger partial charge in [-0.1, -0.05) is 29.8 Å². The van der Waals surface area contributed by atoms with Gasteiger partial charge in [-0.25, -0.2) is 9.18 Å². The van der Waals surface area contributed by atoms with Crippen molar-refractivity contribution in [2.45, 2.75) is 38.9 Å². The summed E-state index contributed by atoms with van der Waals surface area (Å²) >= 11 is 6.01. The third-order valence-corrected chi connectivity index (χ3v) is 5.22. The fourth-order valence-electron chi connectivity index (χ4n) is 2.61. The lowest BCUT2D eigenvalue weighted by Gasteiger charge is -2.32. The van der Waals surface area contributed by atoms with Gasteiger partial charge in [0.2, 0.25) is 0 Å². The lowest BCUT2D eigenvalue weighted by atomic mass is 9.78. The van der Waals surface area contributed by atoms with Gasteiger partial charge in [0.15, 0.2) is 0 Å². The van der Waals surface area contributed by atoms with Gasteiger partial charge in [-0.3, -0.25) is 0 Å². The zero-order valence-corrected chi connectivity index (χ0v) is 16.4. The molecule has 1 saturated heterocycles. The highest BCUT2D eigenvalue weighted by atomic mass is 35.5. The summed E-state index contributed by atoms with van der Waals surface area (Å²) in [5, 5.41) is 5.61. The molecule has 27 heavy (non-hydrogen) atoms. The van der Waals surface area contributed by atoms with E-state index >= 15 is 0 Å². The molecule has 2 amide bonds. The van der Waals surface area contributed by atoms with Gasteiger partial charge in [-0.05, 0) is 52.0 Å². The molecule has 0 aliphatic carbocycles. The van der Waals surface area contributed by atoms with Crippen LogP contribution in [0.5, 0.6) is 0 Å². The van der Waals surface area contributed by atoms with Crippen molar-refractivity contribution in [2.24, 2.45) is 0 Å². The number of nitrogens with one attached hydrogen (secondary N) is 2. The molecule has 0 unspecified atom stereocenters. The van der Waals surface area contributed by atoms with E-state index in [0.717, 1.165) is 0 Å². The predicted octanol–water partition coefficient (Wildman–Crippen LogP) is 4.42. The number of para-hydroxylation sites is 1. The summed E-state index contributed by atoms with van der Waals surface area (Å²) in [6.45, 7) is 7.61. The highest BCUT2D eigenvalue weighted by molar-refractivity contribution is 6.62. The normalized spacial score (nSPS) is 17.6. The number of urea groups is 1. The molecule has 1 aliphatic heterocycles. The number of amides is 2. The van der Waals surface area contributed by atoms with E-state index in [4.69, 9.17) is 20.9 Å². The first kappa shape index (κ1) is 19.7. The fourth-order valence-corrected chi connectivity index (χ4v) is 2.80. The third-order valence-electron chi connectivity index (χ3n) is 4.89. The van der Waals surface area contributed by atoms with Crippen molar-refractivity contribution >= 4 is 41.6 Å². The van der Waals surface area contributed by atoms with Crippen molar-refractivity contribution in [3.8, 4) is 0 Å². The average Bonchev–Trinajstić information content (AvgIpc) is 2.77. The van der Waals surface area contributed by atoms with Crippen molar-refractivity contribution < 1.29 is 18.5 Å². The summed E-state index contributed by atoms with van der Waals surface area (Å²) in [6.07, 6.45) is 0. The van der Waals surface area contributed by atoms with Gasteiger partial charge >= 0.3 is 13.1 Å². The Kier molecular flexibility index (Phi) is 5.21. The van der Waals surface area contributed by atoms with Gasteiger partial charge in [0.1, 0.15) is 5.82 Å². The highest BCUT2D eigenvalue weighted by Gasteiger charge is 2.52. The average molecular weight is 391 g/mol. The topological polar surface area (TPSA) is 59.6 Å². The molecule has 8 heteroatoms. The Hall–Kier alpha value is -2.09. The maximum atomic E-state index is 14.6. The molecule has 2 N–H and O–H groups in total. The Labute approximate surface area is 163 Å². The first-order valence-electron chi connectivity index (χ1n) is 8.57. The van der Waals surface area contributed by atoms with Crippen LogP contribution in [-0.2, 0) is 9.31 Å². The van der Waals surface area contributed by atoms with Crippen molar-refractivity contribution in [3.05, 3.63) is 53.3 Å². The number of rotatable bonds is 3. The number of hydrogen-bond donors (Lipinski definition) is 2. The van der Waals surface area contributed by atoms with Crippen molar-refractivity contribution in [1.82, 2.24) is 0 Å². The van der Waals surface area contributed by atoms with Gasteiger partial charge in [-0.15, -0.1) is 0 Å². The number of halogens is 2. The molecule has 0 atom stereocenters. The molecule has 3 rings (SSSR count). The van der Waals surface area contributed by atoms with Crippen LogP contribution in [-0.4, -0.2) is 24.4 Å². The van der Waals surface area contributed by atoms with E-state index in [1.165, 1.54) is 6.07 Å². The molecule has 1 heterocycles. The molecule has 1 fully saturated rings. The van der Waals surface area contributed by atoms with Crippen molar-refractivity contribution in [1.29, 1.82) is 0 Å². The molecule has 1 aliphatic rings. The summed E-state index contributed by atoms with van der Waals surface area (Å²) in [6, 6.07) is 10.7. The second-order valence-corrected chi connectivity index (χ2v) is 7.79. The summed E-state index contributed by atoms with van der Waals surface area (Å²) in [5.74, 6) is -0.524. The number of benzene rings is 2. The second kappa shape index (κ2) is 7.15. The zero-order valence-electron chi connectivity index (χ0n) is 15.6. The molecule has 2 aromatic rings. The predicted molar refractivity (Wildman–Crippen MR) is 106 cm³/mol. The largest absolute Gasteiger partial charge is 0.497 e. The van der Waals surface area contributed by atoms with Crippen LogP contribution in [0, 0.1) is 5.82 Å². The van der Waals surface area contributed by atoms with Crippen LogP contribution < -0.4 is 16.1 Å². The van der Waals surface area contributed by atoms with E-state index in [1.807, 2.05) is 27.7 Å². The van der Waals surface area contributed by atoms with Gasteiger partial charge in [-0.2, -0.15) is 0 Å². The third kappa shape index (κ3) is 4.10. The minimum atomic E-state index is -0.805. The molecule has 0 aromatic heterocycles. The van der Waals surface area contributed by atoms with Gasteiger partial charge < -0.3 is 19.9 Å². The molecular weight excluding hydrogens is 369 g/mol. The second-order valence-electron chi connectivity index (χ2n) is 7.38. The maximum Gasteiger partial charge on any atom is 0.497 e. The summed E-state index contributed by atoms with van der Waals surface area (Å²) in [4.78, 5) is 12.1. The maximum absolute atomic E-state index is 14.6. The van der Waals surface area contributed by atoms with Crippen LogP contribution >= 0.6 is 11.6 Å². The minimum Gasteiger partial charge on any atom is -0.399 e. The standard InChI is InChI=1S/C19H21BClFN2O3/c1-18(2)19(3,4)27-20(26-18)13-10-9-12(11-15(13)22)23-17(25)24-16-8-6-5-7-14(16)21/h5-11H,1-4H3,(H2,23,24,25). The number of carbonyl (C=O) groups is 1. The van der Waals surface area contributed by atoms with Crippen LogP contribution in [0.4, 0.5) is 20.6 Å². The Morgan fingerprint density at radius 1 is 1.04 bits per heavy atom. The highest BCUT2D eigenvalue weighted by Crippen LogP contribution is 2.36. The molecule has 5 nitrogen and oxygen atoms in total. The van der Waals surface area contributed by atoms with E-state index in [1.54, 1.807) is 36.4 Å². The Morgan fingerprint density at radius 3 is 2.26 bits per heavy atom. The molecule has 0 spiro atoms. The van der Waals surface area contributed by atoms with Crippen molar-refractivity contribution in [3.63, 3.8) is 0 Å². The lowest BCUT2D eigenvalue weighted by molar-refractivity contribution is 0.00578. The van der Waals surface area contributed by atoms with E-state index < -0.39 is 30.2 Å². The number of hydrogen-bond acceptors (Lipinski definition) is 3. The molecule has 0 bridgehead atoms. The summed E-state index contributed by atoms with van der Waals surface area (Å²) in [7, 11) is -0.805. The van der Waals surface area contributed by atoms with Gasteiger partial charge in [0.25, 0.3) is 0 Å². The molecule has 0 radical (unpaired) electrons. The molecule has 0 saturated carbocycles. The quantitative estimate of drug-likeness (QED) is 0.763. The first-order valence-corrected chi connectivity index (χ1v) is 8.94. The van der Waals surface area contributed by atoms with Crippen LogP contribution in [0.1, 0.15) is 27.7 Å². The Morgan fingerprint density at radius 2 is 1.67 bits per heavy atom. The smallest absolute Gasteiger partial charge is 0.399 e. The zero-order chi connectivity index (χ0) is 19.8. The summed E-state index contributed by atoms with van der Waals surface area (Å²) in [5.41, 5.74) is -0.0693. The van der Waals surface area contributed by atoms with E-state index in [9.17, 15) is 9.18 Å². The van der Waals surface area contributed by atoms with E-state index in [0.29, 0.717) is 16.4 Å². The van der Waals surface area contributed by atoms with Crippen LogP contribution in [0.25, 0.3) is 0 Å². The SMILES string of the molecule is CC1(C)OB(c2ccc(NC(=O)Nc3ccccc3Cl)cc2F)OC1(C)C. The van der Waals surface area contributed by atoms with Crippen LogP contribution in [0.15, 0.2) is 42.5 Å². The van der Waals surface area contributed by atoms with Crippen LogP contribution in [0.2, 0.25) is 5.02 Å². The van der Waals surface area contributed by atoms with Gasteiger partial charge in [0, 0.05) is 11.2 Å². The van der Waals surface area contributed by atoms with E-state index in [2.05, 4.69) is 10.6 Å². The molecule has 142 valence electrons. The van der Waals surface area contributed by atoms with E-state index in [-0.39, 0.29) is 5.46 Å². The fraction of sp³-hybridized carbons (Fsp3) is 0.316. The minimum absolute atomic E-state index is 0.283. The van der Waals surface area contributed by atoms with Crippen LogP contribution in [0.3, 0.4) is 0 Å². The number of carbonyl (C=O) groups excluding carboxylic acids is 1. The van der Waals surface area contributed by atoms with Crippen molar-refractivity contribution in [2.75, 3.05) is 10.6 Å². The first-order chi connectivity index (χ1) is 12.6. The lowest BCUT2D eigenvalue weighted by Crippen LogP contribution is -2.41. The Bertz CT molecular complexity index is 860. The summed E-state index contributed by atoms with van der Waals surface area (Å²) < 4.78 is 26.3. The Balaban J connectivity index is 1.70.